The van der Waals surface area contributed by atoms with Crippen molar-refractivity contribution in [2.24, 2.45) is 0 Å². The first-order chi connectivity index (χ1) is 7.08. The van der Waals surface area contributed by atoms with Gasteiger partial charge in [0.25, 0.3) is 0 Å². The van der Waals surface area contributed by atoms with E-state index >= 15 is 0 Å². The van der Waals surface area contributed by atoms with Crippen LogP contribution in [-0.2, 0) is 9.53 Å². The average Bonchev–Trinajstić information content (AvgIpc) is 2.21. The topological polar surface area (TPSA) is 90.8 Å². The molecule has 1 rings (SSSR count). The number of amides is 1. The molecular formula is C9H18N2O4. The lowest BCUT2D eigenvalue weighted by Crippen LogP contribution is -2.59. The van der Waals surface area contributed by atoms with Crippen molar-refractivity contribution in [3.05, 3.63) is 0 Å². The van der Waals surface area contributed by atoms with Gasteiger partial charge in [0.2, 0.25) is 5.91 Å². The van der Waals surface area contributed by atoms with Crippen LogP contribution in [0.2, 0.25) is 0 Å². The molecule has 88 valence electrons. The van der Waals surface area contributed by atoms with E-state index in [0.717, 1.165) is 0 Å². The molecule has 0 aromatic heterocycles. The number of ether oxygens (including phenoxy) is 1. The fourth-order valence-electron chi connectivity index (χ4n) is 1.54. The van der Waals surface area contributed by atoms with Gasteiger partial charge in [-0.15, -0.1) is 0 Å². The quantitative estimate of drug-likeness (QED) is 0.431. The van der Waals surface area contributed by atoms with E-state index in [-0.39, 0.29) is 19.1 Å². The number of aliphatic hydroxyl groups is 2. The van der Waals surface area contributed by atoms with Crippen LogP contribution in [0.15, 0.2) is 0 Å². The van der Waals surface area contributed by atoms with Crippen molar-refractivity contribution in [2.75, 3.05) is 33.4 Å². The molecule has 4 N–H and O–H groups in total. The van der Waals surface area contributed by atoms with Crippen LogP contribution >= 0.6 is 0 Å². The van der Waals surface area contributed by atoms with E-state index in [1.165, 1.54) is 7.11 Å². The minimum Gasteiger partial charge on any atom is -0.389 e. The largest absolute Gasteiger partial charge is 0.389 e. The van der Waals surface area contributed by atoms with E-state index in [0.29, 0.717) is 19.5 Å². The number of carbonyl (C=O) groups excluding carboxylic acids is 1. The SMILES string of the molecule is COCC(=O)NC[C@]1(O)CCNC[C@H]1O. The summed E-state index contributed by atoms with van der Waals surface area (Å²) >= 11 is 0. The molecule has 0 unspecified atom stereocenters. The Labute approximate surface area is 88.6 Å². The number of hydrogen-bond donors (Lipinski definition) is 4. The minimum atomic E-state index is -1.23. The number of carbonyl (C=O) groups is 1. The summed E-state index contributed by atoms with van der Waals surface area (Å²) in [6, 6.07) is 0. The minimum absolute atomic E-state index is 0.0373. The maximum atomic E-state index is 11.1. The molecule has 0 saturated carbocycles. The molecule has 1 fully saturated rings. The van der Waals surface area contributed by atoms with E-state index in [4.69, 9.17) is 0 Å². The molecule has 0 aromatic carbocycles. The molecule has 0 spiro atoms. The summed E-state index contributed by atoms with van der Waals surface area (Å²) in [5.41, 5.74) is -1.23. The van der Waals surface area contributed by atoms with Crippen LogP contribution < -0.4 is 10.6 Å². The third kappa shape index (κ3) is 3.42. The van der Waals surface area contributed by atoms with Gasteiger partial charge in [-0.3, -0.25) is 4.79 Å². The molecule has 2 atom stereocenters. The highest BCUT2D eigenvalue weighted by Crippen LogP contribution is 2.17. The molecule has 0 bridgehead atoms. The molecule has 0 aromatic rings. The summed E-state index contributed by atoms with van der Waals surface area (Å²) in [6.07, 6.45) is -0.435. The number of piperidine rings is 1. The second kappa shape index (κ2) is 5.41. The zero-order valence-corrected chi connectivity index (χ0v) is 8.82. The van der Waals surface area contributed by atoms with E-state index in [9.17, 15) is 15.0 Å². The second-order valence-electron chi connectivity index (χ2n) is 3.78. The van der Waals surface area contributed by atoms with Gasteiger partial charge in [-0.25, -0.2) is 0 Å². The van der Waals surface area contributed by atoms with Gasteiger partial charge < -0.3 is 25.6 Å². The molecule has 1 saturated heterocycles. The van der Waals surface area contributed by atoms with E-state index in [2.05, 4.69) is 15.4 Å². The van der Waals surface area contributed by atoms with Gasteiger partial charge in [0.15, 0.2) is 0 Å². The van der Waals surface area contributed by atoms with Crippen molar-refractivity contribution in [1.29, 1.82) is 0 Å². The Bertz CT molecular complexity index is 224. The maximum absolute atomic E-state index is 11.1. The molecule has 1 aliphatic heterocycles. The number of β-amino-alcohol motifs (C(OH)–C–C–N with tert-alkyl or cyclic N) is 1. The summed E-state index contributed by atoms with van der Waals surface area (Å²) in [4.78, 5) is 11.1. The molecule has 1 heterocycles. The van der Waals surface area contributed by atoms with Crippen molar-refractivity contribution in [3.63, 3.8) is 0 Å². The number of methoxy groups -OCH3 is 1. The lowest BCUT2D eigenvalue weighted by atomic mass is 9.89. The van der Waals surface area contributed by atoms with Crippen molar-refractivity contribution >= 4 is 5.91 Å². The first kappa shape index (κ1) is 12.4. The van der Waals surface area contributed by atoms with Gasteiger partial charge >= 0.3 is 0 Å². The Morgan fingerprint density at radius 1 is 1.73 bits per heavy atom. The molecule has 1 aliphatic rings. The molecule has 6 heteroatoms. The van der Waals surface area contributed by atoms with Crippen LogP contribution in [0.25, 0.3) is 0 Å². The fourth-order valence-corrected chi connectivity index (χ4v) is 1.54. The maximum Gasteiger partial charge on any atom is 0.246 e. The van der Waals surface area contributed by atoms with Crippen LogP contribution in [0.5, 0.6) is 0 Å². The Morgan fingerprint density at radius 2 is 2.47 bits per heavy atom. The lowest BCUT2D eigenvalue weighted by molar-refractivity contribution is -0.129. The number of nitrogens with one attached hydrogen (secondary N) is 2. The number of rotatable bonds is 4. The monoisotopic (exact) mass is 218 g/mol. The highest BCUT2D eigenvalue weighted by Gasteiger charge is 2.37. The van der Waals surface area contributed by atoms with Gasteiger partial charge in [0.05, 0.1) is 6.10 Å². The Kier molecular flexibility index (Phi) is 4.46. The molecule has 0 aliphatic carbocycles. The molecule has 15 heavy (non-hydrogen) atoms. The summed E-state index contributed by atoms with van der Waals surface area (Å²) in [5, 5.41) is 25.1. The van der Waals surface area contributed by atoms with E-state index in [1.54, 1.807) is 0 Å². The van der Waals surface area contributed by atoms with Gasteiger partial charge in [0, 0.05) is 20.2 Å². The molecule has 1 amide bonds. The van der Waals surface area contributed by atoms with Crippen LogP contribution in [0, 0.1) is 0 Å². The zero-order chi connectivity index (χ0) is 11.3. The highest BCUT2D eigenvalue weighted by molar-refractivity contribution is 5.77. The van der Waals surface area contributed by atoms with Crippen LogP contribution in [0.1, 0.15) is 6.42 Å². The Morgan fingerprint density at radius 3 is 3.07 bits per heavy atom. The van der Waals surface area contributed by atoms with Crippen molar-refractivity contribution in [1.82, 2.24) is 10.6 Å². The lowest BCUT2D eigenvalue weighted by Gasteiger charge is -2.37. The zero-order valence-electron chi connectivity index (χ0n) is 8.82. The second-order valence-corrected chi connectivity index (χ2v) is 3.78. The normalized spacial score (nSPS) is 31.3. The van der Waals surface area contributed by atoms with Gasteiger partial charge in [0.1, 0.15) is 12.2 Å². The molecule has 6 nitrogen and oxygen atoms in total. The van der Waals surface area contributed by atoms with Crippen molar-refractivity contribution < 1.29 is 19.7 Å². The summed E-state index contributed by atoms with van der Waals surface area (Å²) in [5.74, 6) is -0.295. The predicted molar refractivity (Wildman–Crippen MR) is 53.3 cm³/mol. The third-order valence-corrected chi connectivity index (χ3v) is 2.56. The van der Waals surface area contributed by atoms with E-state index < -0.39 is 11.7 Å². The van der Waals surface area contributed by atoms with Gasteiger partial charge in [-0.05, 0) is 13.0 Å². The van der Waals surface area contributed by atoms with Crippen LogP contribution in [0.4, 0.5) is 0 Å². The average molecular weight is 218 g/mol. The van der Waals surface area contributed by atoms with Crippen molar-refractivity contribution in [3.8, 4) is 0 Å². The standard InChI is InChI=1S/C9H18N2O4/c1-15-5-8(13)11-6-9(14)2-3-10-4-7(9)12/h7,10,12,14H,2-6H2,1H3,(H,11,13)/t7-,9-/m1/s1. The first-order valence-corrected chi connectivity index (χ1v) is 4.95. The van der Waals surface area contributed by atoms with Crippen LogP contribution in [0.3, 0.4) is 0 Å². The summed E-state index contributed by atoms with van der Waals surface area (Å²) in [6.45, 7) is 0.993. The van der Waals surface area contributed by atoms with E-state index in [1.807, 2.05) is 0 Å². The van der Waals surface area contributed by atoms with Gasteiger partial charge in [-0.1, -0.05) is 0 Å². The number of aliphatic hydroxyl groups excluding tert-OH is 1. The smallest absolute Gasteiger partial charge is 0.246 e. The molecular weight excluding hydrogens is 200 g/mol. The van der Waals surface area contributed by atoms with Crippen LogP contribution in [-0.4, -0.2) is 61.2 Å². The third-order valence-electron chi connectivity index (χ3n) is 2.56. The summed E-state index contributed by atoms with van der Waals surface area (Å²) in [7, 11) is 1.42. The Hall–Kier alpha value is -0.690. The van der Waals surface area contributed by atoms with Gasteiger partial charge in [-0.2, -0.15) is 0 Å². The summed E-state index contributed by atoms with van der Waals surface area (Å²) < 4.78 is 4.63. The highest BCUT2D eigenvalue weighted by atomic mass is 16.5. The predicted octanol–water partition coefficient (Wildman–Crippen LogP) is -2.17. The fraction of sp³-hybridized carbons (Fsp3) is 0.889. The molecule has 0 radical (unpaired) electrons. The Balaban J connectivity index is 2.37. The first-order valence-electron chi connectivity index (χ1n) is 4.95. The van der Waals surface area contributed by atoms with Crippen molar-refractivity contribution in [2.45, 2.75) is 18.1 Å². The number of hydrogen-bond acceptors (Lipinski definition) is 5.